The Bertz CT molecular complexity index is 239. The van der Waals surface area contributed by atoms with Gasteiger partial charge in [0.2, 0.25) is 0 Å². The molecule has 1 heterocycles. The van der Waals surface area contributed by atoms with Crippen LogP contribution < -0.4 is 0 Å². The van der Waals surface area contributed by atoms with Gasteiger partial charge >= 0.3 is 5.97 Å². The third-order valence-electron chi connectivity index (χ3n) is 3.01. The molecule has 1 fully saturated rings. The molecule has 0 aromatic rings. The number of hydrogen-bond acceptors (Lipinski definition) is 4. The number of thioether (sulfide) groups is 1. The zero-order chi connectivity index (χ0) is 12.7. The fourth-order valence-electron chi connectivity index (χ4n) is 2.02. The number of aliphatic hydroxyl groups is 1. The quantitative estimate of drug-likeness (QED) is 0.654. The Labute approximate surface area is 107 Å². The van der Waals surface area contributed by atoms with Crippen molar-refractivity contribution in [3.63, 3.8) is 0 Å². The highest BCUT2D eigenvalue weighted by Gasteiger charge is 2.43. The molecule has 0 bridgehead atoms. The highest BCUT2D eigenvalue weighted by atomic mass is 32.2. The summed E-state index contributed by atoms with van der Waals surface area (Å²) in [6, 6.07) is 0. The molecule has 0 aromatic carbocycles. The number of carboxylic acids is 1. The molecule has 0 aromatic heterocycles. The predicted molar refractivity (Wildman–Crippen MR) is 68.4 cm³/mol. The van der Waals surface area contributed by atoms with Crippen LogP contribution in [0.5, 0.6) is 0 Å². The number of unbranched alkanes of at least 4 members (excludes halogenated alkanes) is 1. The van der Waals surface area contributed by atoms with Crippen molar-refractivity contribution >= 4 is 17.7 Å². The van der Waals surface area contributed by atoms with Gasteiger partial charge in [0.25, 0.3) is 0 Å². The average Bonchev–Trinajstić information content (AvgIpc) is 2.74. The topological polar surface area (TPSA) is 66.8 Å². The third-order valence-corrected chi connectivity index (χ3v) is 4.60. The van der Waals surface area contributed by atoms with Crippen LogP contribution in [0.2, 0.25) is 0 Å². The highest BCUT2D eigenvalue weighted by Crippen LogP contribution is 2.42. The van der Waals surface area contributed by atoms with Gasteiger partial charge in [-0.15, -0.1) is 11.8 Å². The lowest BCUT2D eigenvalue weighted by atomic mass is 9.96. The molecule has 1 aliphatic rings. The Balaban J connectivity index is 2.32. The van der Waals surface area contributed by atoms with Gasteiger partial charge in [-0.2, -0.15) is 0 Å². The van der Waals surface area contributed by atoms with Crippen LogP contribution in [0.3, 0.4) is 0 Å². The summed E-state index contributed by atoms with van der Waals surface area (Å²) in [5.74, 6) is 0.0722. The van der Waals surface area contributed by atoms with Crippen molar-refractivity contribution in [2.75, 3.05) is 19.0 Å². The summed E-state index contributed by atoms with van der Waals surface area (Å²) in [5.41, 5.74) is 0. The minimum absolute atomic E-state index is 0.246. The average molecular weight is 262 g/mol. The van der Waals surface area contributed by atoms with E-state index in [2.05, 4.69) is 6.92 Å². The number of rotatable bonds is 8. The second kappa shape index (κ2) is 7.24. The van der Waals surface area contributed by atoms with Crippen molar-refractivity contribution < 1.29 is 19.7 Å². The van der Waals surface area contributed by atoms with Gasteiger partial charge < -0.3 is 14.9 Å². The number of carboxylic acid groups (broad SMARTS) is 1. The summed E-state index contributed by atoms with van der Waals surface area (Å²) in [4.78, 5) is 11.3. The Hall–Kier alpha value is -0.260. The van der Waals surface area contributed by atoms with E-state index in [-0.39, 0.29) is 6.61 Å². The predicted octanol–water partition coefficient (Wildman–Crippen LogP) is 1.90. The summed E-state index contributed by atoms with van der Waals surface area (Å²) in [6.07, 6.45) is 3.23. The van der Waals surface area contributed by atoms with Crippen LogP contribution in [-0.4, -0.2) is 46.0 Å². The molecule has 2 atom stereocenters. The van der Waals surface area contributed by atoms with Crippen molar-refractivity contribution in [1.29, 1.82) is 0 Å². The van der Waals surface area contributed by atoms with Gasteiger partial charge in [-0.25, -0.2) is 0 Å². The van der Waals surface area contributed by atoms with Gasteiger partial charge in [0.15, 0.2) is 0 Å². The van der Waals surface area contributed by atoms with Crippen LogP contribution in [0.15, 0.2) is 0 Å². The smallest absolute Gasteiger partial charge is 0.319 e. The van der Waals surface area contributed by atoms with Gasteiger partial charge in [-0.05, 0) is 25.0 Å². The van der Waals surface area contributed by atoms with Crippen LogP contribution >= 0.6 is 11.8 Å². The Morgan fingerprint density at radius 2 is 2.35 bits per heavy atom. The number of carbonyl (C=O) groups is 1. The molecule has 1 rings (SSSR count). The fraction of sp³-hybridized carbons (Fsp3) is 0.917. The molecular formula is C12H22O4S. The lowest BCUT2D eigenvalue weighted by Crippen LogP contribution is -2.37. The number of hydrogen-bond donors (Lipinski definition) is 2. The molecule has 5 heteroatoms. The number of aliphatic carboxylic acids is 1. The third kappa shape index (κ3) is 4.48. The number of aliphatic hydroxyl groups excluding tert-OH is 1. The molecule has 0 spiro atoms. The van der Waals surface area contributed by atoms with Gasteiger partial charge in [-0.3, -0.25) is 4.79 Å². The maximum absolute atomic E-state index is 11.3. The van der Waals surface area contributed by atoms with Crippen LogP contribution in [0.25, 0.3) is 0 Å². The van der Waals surface area contributed by atoms with Crippen molar-refractivity contribution in [3.05, 3.63) is 0 Å². The van der Waals surface area contributed by atoms with E-state index < -0.39 is 16.8 Å². The van der Waals surface area contributed by atoms with E-state index in [0.717, 1.165) is 25.0 Å². The molecule has 100 valence electrons. The minimum Gasteiger partial charge on any atom is -0.480 e. The van der Waals surface area contributed by atoms with Crippen LogP contribution in [0, 0.1) is 0 Å². The first-order valence-corrected chi connectivity index (χ1v) is 7.22. The van der Waals surface area contributed by atoms with Crippen molar-refractivity contribution in [1.82, 2.24) is 0 Å². The zero-order valence-electron chi connectivity index (χ0n) is 10.4. The largest absolute Gasteiger partial charge is 0.480 e. The second-order valence-corrected chi connectivity index (χ2v) is 6.02. The Morgan fingerprint density at radius 3 is 2.88 bits per heavy atom. The summed E-state index contributed by atoms with van der Waals surface area (Å²) in [7, 11) is 0. The molecule has 1 saturated heterocycles. The Kier molecular flexibility index (Phi) is 6.30. The molecule has 2 N–H and O–H groups in total. The molecule has 1 aliphatic heterocycles. The van der Waals surface area contributed by atoms with Crippen molar-refractivity contribution in [2.45, 2.75) is 49.9 Å². The van der Waals surface area contributed by atoms with E-state index in [9.17, 15) is 15.0 Å². The molecule has 4 nitrogen and oxygen atoms in total. The SMILES string of the molecule is CCCCOCC(O)CC1(C(=O)O)CCCS1. The van der Waals surface area contributed by atoms with Gasteiger partial charge in [0.1, 0.15) is 4.75 Å². The van der Waals surface area contributed by atoms with Crippen molar-refractivity contribution in [2.24, 2.45) is 0 Å². The van der Waals surface area contributed by atoms with E-state index in [4.69, 9.17) is 4.74 Å². The zero-order valence-corrected chi connectivity index (χ0v) is 11.2. The standard InChI is InChI=1S/C12H22O4S/c1-2-3-6-16-9-10(13)8-12(11(14)15)5-4-7-17-12/h10,13H,2-9H2,1H3,(H,14,15). The molecule has 2 unspecified atom stereocenters. The molecular weight excluding hydrogens is 240 g/mol. The van der Waals surface area contributed by atoms with E-state index in [1.165, 1.54) is 11.8 Å². The van der Waals surface area contributed by atoms with Crippen LogP contribution in [0.1, 0.15) is 39.0 Å². The van der Waals surface area contributed by atoms with E-state index >= 15 is 0 Å². The van der Waals surface area contributed by atoms with E-state index in [1.54, 1.807) is 0 Å². The molecule has 0 radical (unpaired) electrons. The minimum atomic E-state index is -0.799. The van der Waals surface area contributed by atoms with E-state index in [1.807, 2.05) is 0 Å². The molecule has 17 heavy (non-hydrogen) atoms. The summed E-state index contributed by atoms with van der Waals surface area (Å²) in [6.45, 7) is 2.96. The van der Waals surface area contributed by atoms with Gasteiger partial charge in [0, 0.05) is 13.0 Å². The monoisotopic (exact) mass is 262 g/mol. The highest BCUT2D eigenvalue weighted by molar-refractivity contribution is 8.01. The molecule has 0 amide bonds. The van der Waals surface area contributed by atoms with Gasteiger partial charge in [0.05, 0.1) is 12.7 Å². The summed E-state index contributed by atoms with van der Waals surface area (Å²) >= 11 is 1.45. The summed E-state index contributed by atoms with van der Waals surface area (Å²) < 4.78 is 4.53. The van der Waals surface area contributed by atoms with E-state index in [0.29, 0.717) is 19.4 Å². The van der Waals surface area contributed by atoms with Crippen LogP contribution in [-0.2, 0) is 9.53 Å². The second-order valence-electron chi connectivity index (χ2n) is 4.54. The molecule has 0 saturated carbocycles. The van der Waals surface area contributed by atoms with Gasteiger partial charge in [-0.1, -0.05) is 13.3 Å². The first kappa shape index (κ1) is 14.8. The number of ether oxygens (including phenoxy) is 1. The maximum atomic E-state index is 11.3. The fourth-order valence-corrected chi connectivity index (χ4v) is 3.42. The lowest BCUT2D eigenvalue weighted by molar-refractivity contribution is -0.141. The van der Waals surface area contributed by atoms with Crippen LogP contribution in [0.4, 0.5) is 0 Å². The van der Waals surface area contributed by atoms with Crippen molar-refractivity contribution in [3.8, 4) is 0 Å². The normalized spacial score (nSPS) is 26.0. The first-order valence-electron chi connectivity index (χ1n) is 6.24. The lowest BCUT2D eigenvalue weighted by Gasteiger charge is -2.25. The summed E-state index contributed by atoms with van der Waals surface area (Å²) in [5, 5.41) is 19.1. The first-order chi connectivity index (χ1) is 8.10. The maximum Gasteiger partial charge on any atom is 0.319 e. The Morgan fingerprint density at radius 1 is 1.59 bits per heavy atom. The molecule has 0 aliphatic carbocycles.